The highest BCUT2D eigenvalue weighted by Gasteiger charge is 2.42. The molecule has 6 heteroatoms. The molecule has 0 atom stereocenters. The van der Waals surface area contributed by atoms with E-state index in [1.165, 1.54) is 37.7 Å². The van der Waals surface area contributed by atoms with Crippen molar-refractivity contribution in [3.63, 3.8) is 0 Å². The van der Waals surface area contributed by atoms with Crippen molar-refractivity contribution in [2.24, 2.45) is 21.5 Å². The minimum Gasteiger partial charge on any atom is -0.368 e. The number of aliphatic imine (C=N–C) groups is 2. The van der Waals surface area contributed by atoms with Crippen LogP contribution in [0.15, 0.2) is 40.3 Å². The summed E-state index contributed by atoms with van der Waals surface area (Å²) in [5.74, 6) is 0.611. The molecule has 1 aromatic carbocycles. The number of guanidine groups is 2. The van der Waals surface area contributed by atoms with Gasteiger partial charge in [-0.2, -0.15) is 10.1 Å². The van der Waals surface area contributed by atoms with Crippen molar-refractivity contribution in [2.45, 2.75) is 76.3 Å². The Bertz CT molecular complexity index is 637. The van der Waals surface area contributed by atoms with E-state index >= 15 is 0 Å². The first-order valence-electron chi connectivity index (χ1n) is 10.4. The van der Waals surface area contributed by atoms with Gasteiger partial charge in [-0.3, -0.25) is 4.84 Å². The summed E-state index contributed by atoms with van der Waals surface area (Å²) < 4.78 is 0. The number of benzene rings is 1. The SMILES string of the molecule is NC1=NC2(CCCCC2)N(OCCCCCCCc2ccccc2)C(N)=N1. The molecule has 0 radical (unpaired) electrons. The molecule has 1 spiro atoms. The molecule has 0 aromatic heterocycles. The molecule has 27 heavy (non-hydrogen) atoms. The Morgan fingerprint density at radius 1 is 0.926 bits per heavy atom. The van der Waals surface area contributed by atoms with Gasteiger partial charge >= 0.3 is 0 Å². The van der Waals surface area contributed by atoms with E-state index in [1.807, 2.05) is 0 Å². The Morgan fingerprint density at radius 2 is 1.63 bits per heavy atom. The zero-order chi connectivity index (χ0) is 19.0. The van der Waals surface area contributed by atoms with E-state index in [-0.39, 0.29) is 5.96 Å². The summed E-state index contributed by atoms with van der Waals surface area (Å²) in [5, 5.41) is 1.73. The number of nitrogens with two attached hydrogens (primary N) is 2. The second-order valence-electron chi connectivity index (χ2n) is 7.61. The van der Waals surface area contributed by atoms with Gasteiger partial charge < -0.3 is 11.5 Å². The van der Waals surface area contributed by atoms with Gasteiger partial charge in [-0.25, -0.2) is 4.99 Å². The number of aryl methyl sites for hydroxylation is 1. The number of rotatable bonds is 9. The van der Waals surface area contributed by atoms with Crippen LogP contribution in [-0.4, -0.2) is 29.3 Å². The largest absolute Gasteiger partial charge is 0.368 e. The molecule has 1 heterocycles. The molecule has 1 aliphatic heterocycles. The molecule has 0 amide bonds. The topological polar surface area (TPSA) is 89.2 Å². The van der Waals surface area contributed by atoms with Crippen molar-refractivity contribution in [1.29, 1.82) is 0 Å². The molecule has 1 aliphatic carbocycles. The zero-order valence-corrected chi connectivity index (χ0v) is 16.3. The Balaban J connectivity index is 1.35. The van der Waals surface area contributed by atoms with Crippen molar-refractivity contribution in [3.8, 4) is 0 Å². The third-order valence-electron chi connectivity index (χ3n) is 5.47. The molecule has 0 bridgehead atoms. The molecule has 1 saturated carbocycles. The normalized spacial score (nSPS) is 19.0. The van der Waals surface area contributed by atoms with E-state index in [2.05, 4.69) is 40.3 Å². The van der Waals surface area contributed by atoms with Crippen LogP contribution < -0.4 is 11.5 Å². The van der Waals surface area contributed by atoms with Crippen LogP contribution in [0, 0.1) is 0 Å². The second kappa shape index (κ2) is 9.74. The standard InChI is InChI=1S/C21H33N5O/c22-19-24-20(23)26(21(25-19)15-9-5-10-16-21)27-17-11-3-1-2-6-12-18-13-7-4-8-14-18/h4,7-8,13-14H,1-3,5-6,9-12,15-17H2,(H4,22,23,24,25). The lowest BCUT2D eigenvalue weighted by atomic mass is 9.89. The summed E-state index contributed by atoms with van der Waals surface area (Å²) in [6, 6.07) is 10.7. The smallest absolute Gasteiger partial charge is 0.226 e. The average Bonchev–Trinajstić information content (AvgIpc) is 2.67. The molecule has 3 rings (SSSR count). The van der Waals surface area contributed by atoms with E-state index in [4.69, 9.17) is 16.3 Å². The van der Waals surface area contributed by atoms with E-state index in [0.717, 1.165) is 38.5 Å². The molecule has 4 N–H and O–H groups in total. The summed E-state index contributed by atoms with van der Waals surface area (Å²) in [6.07, 6.45) is 12.4. The van der Waals surface area contributed by atoms with Gasteiger partial charge in [0.25, 0.3) is 0 Å². The fourth-order valence-electron chi connectivity index (χ4n) is 4.04. The summed E-state index contributed by atoms with van der Waals surface area (Å²) in [4.78, 5) is 14.7. The fourth-order valence-corrected chi connectivity index (χ4v) is 4.04. The first kappa shape index (κ1) is 19.7. The second-order valence-corrected chi connectivity index (χ2v) is 7.61. The lowest BCUT2D eigenvalue weighted by Gasteiger charge is -2.44. The Hall–Kier alpha value is -2.08. The molecular formula is C21H33N5O. The van der Waals surface area contributed by atoms with Gasteiger partial charge in [-0.05, 0) is 50.5 Å². The molecular weight excluding hydrogens is 338 g/mol. The van der Waals surface area contributed by atoms with Gasteiger partial charge in [0.15, 0.2) is 5.66 Å². The monoisotopic (exact) mass is 371 g/mol. The maximum atomic E-state index is 6.10. The summed E-state index contributed by atoms with van der Waals surface area (Å²) in [7, 11) is 0. The predicted molar refractivity (Wildman–Crippen MR) is 110 cm³/mol. The predicted octanol–water partition coefficient (Wildman–Crippen LogP) is 3.72. The van der Waals surface area contributed by atoms with Gasteiger partial charge in [0, 0.05) is 0 Å². The number of hydroxylamine groups is 2. The summed E-state index contributed by atoms with van der Waals surface area (Å²) in [5.41, 5.74) is 12.9. The van der Waals surface area contributed by atoms with Crippen LogP contribution in [0.4, 0.5) is 0 Å². The highest BCUT2D eigenvalue weighted by atomic mass is 16.7. The van der Waals surface area contributed by atoms with Crippen molar-refractivity contribution in [3.05, 3.63) is 35.9 Å². The Kier molecular flexibility index (Phi) is 7.10. The molecule has 1 fully saturated rings. The van der Waals surface area contributed by atoms with Crippen LogP contribution in [0.25, 0.3) is 0 Å². The highest BCUT2D eigenvalue weighted by molar-refractivity contribution is 5.95. The Morgan fingerprint density at radius 3 is 2.41 bits per heavy atom. The quantitative estimate of drug-likeness (QED) is 0.648. The van der Waals surface area contributed by atoms with E-state index in [1.54, 1.807) is 5.06 Å². The minimum absolute atomic E-state index is 0.271. The third kappa shape index (κ3) is 5.45. The Labute approximate surface area is 162 Å². The average molecular weight is 372 g/mol. The van der Waals surface area contributed by atoms with Gasteiger partial charge in [0.1, 0.15) is 0 Å². The first-order valence-corrected chi connectivity index (χ1v) is 10.4. The molecule has 0 saturated heterocycles. The molecule has 148 valence electrons. The van der Waals surface area contributed by atoms with Crippen LogP contribution in [-0.2, 0) is 11.3 Å². The number of unbranched alkanes of at least 4 members (excludes halogenated alkanes) is 4. The van der Waals surface area contributed by atoms with Crippen molar-refractivity contribution in [1.82, 2.24) is 5.06 Å². The summed E-state index contributed by atoms with van der Waals surface area (Å²) >= 11 is 0. The van der Waals surface area contributed by atoms with E-state index in [9.17, 15) is 0 Å². The van der Waals surface area contributed by atoms with Crippen LogP contribution >= 0.6 is 0 Å². The number of nitrogens with zero attached hydrogens (tertiary/aromatic N) is 3. The van der Waals surface area contributed by atoms with Crippen molar-refractivity contribution < 1.29 is 4.84 Å². The van der Waals surface area contributed by atoms with E-state index < -0.39 is 5.66 Å². The molecule has 2 aliphatic rings. The minimum atomic E-state index is -0.441. The highest BCUT2D eigenvalue weighted by Crippen LogP contribution is 2.36. The van der Waals surface area contributed by atoms with Crippen LogP contribution in [0.3, 0.4) is 0 Å². The molecule has 0 unspecified atom stereocenters. The van der Waals surface area contributed by atoms with Crippen LogP contribution in [0.1, 0.15) is 69.8 Å². The third-order valence-corrected chi connectivity index (χ3v) is 5.47. The lowest BCUT2D eigenvalue weighted by molar-refractivity contribution is -0.177. The van der Waals surface area contributed by atoms with Crippen molar-refractivity contribution in [2.75, 3.05) is 6.61 Å². The zero-order valence-electron chi connectivity index (χ0n) is 16.3. The lowest BCUT2D eigenvalue weighted by Crippen LogP contribution is -2.57. The van der Waals surface area contributed by atoms with Crippen LogP contribution in [0.2, 0.25) is 0 Å². The van der Waals surface area contributed by atoms with Gasteiger partial charge in [-0.1, -0.05) is 56.0 Å². The first-order chi connectivity index (χ1) is 13.2. The number of hydrogen-bond acceptors (Lipinski definition) is 6. The summed E-state index contributed by atoms with van der Waals surface area (Å²) in [6.45, 7) is 0.645. The molecule has 6 nitrogen and oxygen atoms in total. The maximum absolute atomic E-state index is 6.10. The van der Waals surface area contributed by atoms with Crippen LogP contribution in [0.5, 0.6) is 0 Å². The number of hydrogen-bond donors (Lipinski definition) is 2. The maximum Gasteiger partial charge on any atom is 0.226 e. The fraction of sp³-hybridized carbons (Fsp3) is 0.619. The van der Waals surface area contributed by atoms with Gasteiger partial charge in [0.05, 0.1) is 6.61 Å². The van der Waals surface area contributed by atoms with Crippen molar-refractivity contribution >= 4 is 11.9 Å². The van der Waals surface area contributed by atoms with Gasteiger partial charge in [0.2, 0.25) is 11.9 Å². The van der Waals surface area contributed by atoms with Gasteiger partial charge in [-0.15, -0.1) is 0 Å². The van der Waals surface area contributed by atoms with E-state index in [0.29, 0.717) is 12.6 Å². The molecule has 1 aromatic rings.